The number of carbonyl (C=O) groups is 2. The third-order valence-electron chi connectivity index (χ3n) is 4.33. The summed E-state index contributed by atoms with van der Waals surface area (Å²) in [6, 6.07) is 0.686. The summed E-state index contributed by atoms with van der Waals surface area (Å²) in [6.45, 7) is 1.72. The van der Waals surface area contributed by atoms with Gasteiger partial charge in [0.2, 0.25) is 0 Å². The van der Waals surface area contributed by atoms with Crippen molar-refractivity contribution >= 4 is 12.0 Å². The number of halogens is 2. The van der Waals surface area contributed by atoms with Crippen LogP contribution in [0.2, 0.25) is 0 Å². The molecule has 2 heterocycles. The second-order valence-corrected chi connectivity index (χ2v) is 5.97. The second kappa shape index (κ2) is 7.11. The van der Waals surface area contributed by atoms with Gasteiger partial charge in [-0.3, -0.25) is 0 Å². The van der Waals surface area contributed by atoms with E-state index in [0.717, 1.165) is 23.9 Å². The molecule has 0 fully saturated rings. The van der Waals surface area contributed by atoms with Gasteiger partial charge in [0.15, 0.2) is 0 Å². The molecule has 0 unspecified atom stereocenters. The van der Waals surface area contributed by atoms with Gasteiger partial charge in [-0.05, 0) is 25.1 Å². The van der Waals surface area contributed by atoms with Gasteiger partial charge in [-0.15, -0.1) is 0 Å². The van der Waals surface area contributed by atoms with E-state index < -0.39 is 35.7 Å². The fourth-order valence-corrected chi connectivity index (χ4v) is 3.04. The SMILES string of the molecule is COC(=O)[C@@H](C)NC(=O)N1CCc2[nH]cnc2[C@@H]1c1cc(F)ccc1F. The summed E-state index contributed by atoms with van der Waals surface area (Å²) in [7, 11) is 1.22. The Morgan fingerprint density at radius 2 is 2.19 bits per heavy atom. The van der Waals surface area contributed by atoms with Gasteiger partial charge in [0.25, 0.3) is 0 Å². The number of fused-ring (bicyclic) bond motifs is 1. The lowest BCUT2D eigenvalue weighted by molar-refractivity contribution is -0.142. The van der Waals surface area contributed by atoms with E-state index >= 15 is 0 Å². The van der Waals surface area contributed by atoms with E-state index in [1.807, 2.05) is 0 Å². The fourth-order valence-electron chi connectivity index (χ4n) is 3.04. The van der Waals surface area contributed by atoms with E-state index in [-0.39, 0.29) is 12.1 Å². The molecule has 1 aromatic heterocycles. The zero-order valence-corrected chi connectivity index (χ0v) is 14.3. The van der Waals surface area contributed by atoms with Crippen molar-refractivity contribution in [3.8, 4) is 0 Å². The van der Waals surface area contributed by atoms with Crippen LogP contribution in [0, 0.1) is 11.6 Å². The third kappa shape index (κ3) is 3.24. The van der Waals surface area contributed by atoms with Crippen molar-refractivity contribution in [1.29, 1.82) is 0 Å². The molecule has 0 saturated heterocycles. The quantitative estimate of drug-likeness (QED) is 0.815. The highest BCUT2D eigenvalue weighted by molar-refractivity contribution is 5.83. The predicted molar refractivity (Wildman–Crippen MR) is 87.2 cm³/mol. The summed E-state index contributed by atoms with van der Waals surface area (Å²) in [5, 5.41) is 2.52. The molecule has 9 heteroatoms. The Bertz CT molecular complexity index is 839. The van der Waals surface area contributed by atoms with Crippen LogP contribution >= 0.6 is 0 Å². The number of urea groups is 1. The second-order valence-electron chi connectivity index (χ2n) is 5.97. The Hall–Kier alpha value is -2.97. The molecule has 0 radical (unpaired) electrons. The summed E-state index contributed by atoms with van der Waals surface area (Å²) in [5.41, 5.74) is 1.20. The number of aromatic amines is 1. The van der Waals surface area contributed by atoms with Crippen LogP contribution in [-0.2, 0) is 16.0 Å². The number of ether oxygens (including phenoxy) is 1. The molecule has 3 rings (SSSR count). The molecule has 0 bridgehead atoms. The summed E-state index contributed by atoms with van der Waals surface area (Å²) in [4.78, 5) is 32.7. The van der Waals surface area contributed by atoms with Crippen LogP contribution < -0.4 is 5.32 Å². The number of methoxy groups -OCH3 is 1. The van der Waals surface area contributed by atoms with Crippen molar-refractivity contribution < 1.29 is 23.1 Å². The number of amides is 2. The van der Waals surface area contributed by atoms with Crippen LogP contribution in [-0.4, -0.2) is 46.6 Å². The summed E-state index contributed by atoms with van der Waals surface area (Å²) < 4.78 is 32.7. The molecular weight excluding hydrogens is 346 g/mol. The Morgan fingerprint density at radius 3 is 2.92 bits per heavy atom. The summed E-state index contributed by atoms with van der Waals surface area (Å²) in [5.74, 6) is -1.87. The molecule has 2 aromatic rings. The van der Waals surface area contributed by atoms with Crippen LogP contribution in [0.15, 0.2) is 24.5 Å². The highest BCUT2D eigenvalue weighted by Crippen LogP contribution is 2.35. The van der Waals surface area contributed by atoms with E-state index in [1.54, 1.807) is 0 Å². The standard InChI is InChI=1S/C17H18F2N4O3/c1-9(16(24)26-2)22-17(25)23-6-5-13-14(21-8-20-13)15(23)11-7-10(18)3-4-12(11)19/h3-4,7-9,15H,5-6H2,1-2H3,(H,20,21)(H,22,25)/t9-,15+/m1/s1. The smallest absolute Gasteiger partial charge is 0.328 e. The molecule has 138 valence electrons. The van der Waals surface area contributed by atoms with Gasteiger partial charge in [0, 0.05) is 24.2 Å². The van der Waals surface area contributed by atoms with Gasteiger partial charge in [-0.1, -0.05) is 0 Å². The normalized spacial score (nSPS) is 17.4. The molecule has 1 aromatic carbocycles. The topological polar surface area (TPSA) is 87.3 Å². The minimum absolute atomic E-state index is 0.000999. The van der Waals surface area contributed by atoms with Gasteiger partial charge >= 0.3 is 12.0 Å². The van der Waals surface area contributed by atoms with Crippen molar-refractivity contribution in [3.05, 3.63) is 53.1 Å². The zero-order valence-electron chi connectivity index (χ0n) is 14.3. The lowest BCUT2D eigenvalue weighted by atomic mass is 9.95. The van der Waals surface area contributed by atoms with Gasteiger partial charge in [-0.25, -0.2) is 23.4 Å². The first-order valence-electron chi connectivity index (χ1n) is 8.04. The lowest BCUT2D eigenvalue weighted by Crippen LogP contribution is -2.50. The van der Waals surface area contributed by atoms with Crippen LogP contribution in [0.4, 0.5) is 13.6 Å². The largest absolute Gasteiger partial charge is 0.467 e. The highest BCUT2D eigenvalue weighted by Gasteiger charge is 2.36. The molecule has 2 amide bonds. The number of esters is 1. The summed E-state index contributed by atoms with van der Waals surface area (Å²) in [6.07, 6.45) is 1.93. The van der Waals surface area contributed by atoms with Crippen molar-refractivity contribution in [2.45, 2.75) is 25.4 Å². The number of nitrogens with zero attached hydrogens (tertiary/aromatic N) is 2. The van der Waals surface area contributed by atoms with Crippen molar-refractivity contribution in [1.82, 2.24) is 20.2 Å². The maximum absolute atomic E-state index is 14.4. The Kier molecular flexibility index (Phi) is 4.88. The number of H-pyrrole nitrogens is 1. The predicted octanol–water partition coefficient (Wildman–Crippen LogP) is 1.91. The van der Waals surface area contributed by atoms with Crippen molar-refractivity contribution in [3.63, 3.8) is 0 Å². The van der Waals surface area contributed by atoms with Gasteiger partial charge in [0.1, 0.15) is 23.7 Å². The number of carbonyl (C=O) groups excluding carboxylic acids is 2. The lowest BCUT2D eigenvalue weighted by Gasteiger charge is -2.35. The molecule has 1 aliphatic rings. The molecule has 7 nitrogen and oxygen atoms in total. The first-order chi connectivity index (χ1) is 12.4. The number of hydrogen-bond donors (Lipinski definition) is 2. The van der Waals surface area contributed by atoms with Gasteiger partial charge in [-0.2, -0.15) is 0 Å². The monoisotopic (exact) mass is 364 g/mol. The number of nitrogens with one attached hydrogen (secondary N) is 2. The van der Waals surface area contributed by atoms with Crippen LogP contribution in [0.5, 0.6) is 0 Å². The minimum Gasteiger partial charge on any atom is -0.467 e. The first-order valence-corrected chi connectivity index (χ1v) is 8.04. The zero-order chi connectivity index (χ0) is 18.8. The maximum atomic E-state index is 14.4. The molecule has 0 saturated carbocycles. The van der Waals surface area contributed by atoms with E-state index in [4.69, 9.17) is 0 Å². The Morgan fingerprint density at radius 1 is 1.42 bits per heavy atom. The number of rotatable bonds is 3. The summed E-state index contributed by atoms with van der Waals surface area (Å²) >= 11 is 0. The first kappa shape index (κ1) is 17.8. The van der Waals surface area contributed by atoms with Crippen molar-refractivity contribution in [2.75, 3.05) is 13.7 Å². The van der Waals surface area contributed by atoms with Gasteiger partial charge in [0.05, 0.1) is 19.1 Å². The number of hydrogen-bond acceptors (Lipinski definition) is 4. The van der Waals surface area contributed by atoms with Crippen molar-refractivity contribution in [2.24, 2.45) is 0 Å². The number of aromatic nitrogens is 2. The molecular formula is C17H18F2N4O3. The fraction of sp³-hybridized carbons (Fsp3) is 0.353. The molecule has 2 atom stereocenters. The average molecular weight is 364 g/mol. The molecule has 0 aliphatic carbocycles. The average Bonchev–Trinajstić information content (AvgIpc) is 3.10. The molecule has 0 spiro atoms. The maximum Gasteiger partial charge on any atom is 0.328 e. The van der Waals surface area contributed by atoms with E-state index in [0.29, 0.717) is 12.1 Å². The van der Waals surface area contributed by atoms with E-state index in [1.165, 1.54) is 25.3 Å². The number of benzene rings is 1. The molecule has 2 N–H and O–H groups in total. The van der Waals surface area contributed by atoms with Crippen LogP contribution in [0.1, 0.15) is 29.9 Å². The molecule has 1 aliphatic heterocycles. The Labute approximate surface area is 148 Å². The highest BCUT2D eigenvalue weighted by atomic mass is 19.1. The van der Waals surface area contributed by atoms with E-state index in [9.17, 15) is 18.4 Å². The minimum atomic E-state index is -0.912. The molecule has 26 heavy (non-hydrogen) atoms. The third-order valence-corrected chi connectivity index (χ3v) is 4.33. The van der Waals surface area contributed by atoms with Gasteiger partial charge < -0.3 is 19.9 Å². The Balaban J connectivity index is 1.97. The number of imidazole rings is 1. The van der Waals surface area contributed by atoms with E-state index in [2.05, 4.69) is 20.0 Å². The van der Waals surface area contributed by atoms with Crippen LogP contribution in [0.25, 0.3) is 0 Å². The van der Waals surface area contributed by atoms with Crippen LogP contribution in [0.3, 0.4) is 0 Å².